The van der Waals surface area contributed by atoms with Gasteiger partial charge < -0.3 is 24.3 Å². The zero-order chi connectivity index (χ0) is 34.5. The molecule has 0 bridgehead atoms. The summed E-state index contributed by atoms with van der Waals surface area (Å²) in [6.07, 6.45) is -0.0860. The summed E-state index contributed by atoms with van der Waals surface area (Å²) in [7, 11) is 1.80. The van der Waals surface area contributed by atoms with Crippen LogP contribution in [0.5, 0.6) is 0 Å². The average Bonchev–Trinajstić information content (AvgIpc) is 3.81. The lowest BCUT2D eigenvalue weighted by atomic mass is 9.93. The molecular formula is C36H36F3N5O5. The third kappa shape index (κ3) is 7.76. The number of hydrogen-bond donors (Lipinski definition) is 1. The van der Waals surface area contributed by atoms with Crippen LogP contribution in [0.2, 0.25) is 0 Å². The van der Waals surface area contributed by atoms with Crippen LogP contribution in [0.4, 0.5) is 24.7 Å². The maximum absolute atomic E-state index is 13.7. The molecule has 1 N–H and O–H groups in total. The summed E-state index contributed by atoms with van der Waals surface area (Å²) >= 11 is 0. The van der Waals surface area contributed by atoms with Gasteiger partial charge in [-0.2, -0.15) is 13.2 Å². The molecule has 3 heterocycles. The first-order valence-electron chi connectivity index (χ1n) is 16.2. The summed E-state index contributed by atoms with van der Waals surface area (Å²) in [5.41, 5.74) is 0.529. The molecule has 0 spiro atoms. The number of ether oxygens (including phenoxy) is 1. The molecule has 2 aliphatic rings. The highest BCUT2D eigenvalue weighted by Crippen LogP contribution is 2.37. The molecule has 2 amide bonds. The number of anilines is 2. The van der Waals surface area contributed by atoms with Crippen molar-refractivity contribution in [2.24, 2.45) is 11.8 Å². The van der Waals surface area contributed by atoms with Crippen molar-refractivity contribution in [2.45, 2.75) is 50.9 Å². The summed E-state index contributed by atoms with van der Waals surface area (Å²) in [5, 5.41) is 2.43. The zero-order valence-corrected chi connectivity index (χ0v) is 26.9. The van der Waals surface area contributed by atoms with Crippen LogP contribution in [0.25, 0.3) is 11.5 Å². The summed E-state index contributed by atoms with van der Waals surface area (Å²) < 4.78 is 51.6. The van der Waals surface area contributed by atoms with Gasteiger partial charge in [0.1, 0.15) is 12.4 Å². The minimum absolute atomic E-state index is 0.00466. The molecule has 0 radical (unpaired) electrons. The minimum Gasteiger partial charge on any atom is -0.461 e. The second-order valence-corrected chi connectivity index (χ2v) is 12.3. The van der Waals surface area contributed by atoms with Crippen LogP contribution in [0.3, 0.4) is 0 Å². The molecule has 1 saturated carbocycles. The normalized spacial score (nSPS) is 18.2. The number of hydrogen-bond acceptors (Lipinski definition) is 8. The number of pyridine rings is 1. The van der Waals surface area contributed by atoms with Crippen molar-refractivity contribution in [1.82, 2.24) is 14.9 Å². The van der Waals surface area contributed by atoms with Crippen LogP contribution >= 0.6 is 0 Å². The lowest BCUT2D eigenvalue weighted by Gasteiger charge is -2.38. The Balaban J connectivity index is 1.02. The number of carbonyl (C=O) groups excluding carboxylic acids is 3. The molecule has 10 nitrogen and oxygen atoms in total. The van der Waals surface area contributed by atoms with Gasteiger partial charge in [0.2, 0.25) is 17.6 Å². The lowest BCUT2D eigenvalue weighted by Crippen LogP contribution is -2.48. The van der Waals surface area contributed by atoms with Crippen molar-refractivity contribution in [3.63, 3.8) is 0 Å². The molecule has 6 rings (SSSR count). The summed E-state index contributed by atoms with van der Waals surface area (Å²) in [5.74, 6) is -3.44. The second-order valence-electron chi connectivity index (χ2n) is 12.3. The summed E-state index contributed by atoms with van der Waals surface area (Å²) in [6.45, 7) is 1.41. The van der Waals surface area contributed by atoms with Crippen LogP contribution in [-0.2, 0) is 27.1 Å². The number of halogens is 3. The SMILES string of the molecule is CN(C(=O)[C@H]1CCC[C@@H]1C(=O)OCc1ccccc1)C1CCN(c2ccc(NC(=O)c3nc(-c4ccccc4)oc3C(F)(F)F)cn2)CC1. The van der Waals surface area contributed by atoms with E-state index in [4.69, 9.17) is 9.15 Å². The first-order chi connectivity index (χ1) is 23.6. The minimum atomic E-state index is -4.92. The van der Waals surface area contributed by atoms with Crippen molar-refractivity contribution in [3.05, 3.63) is 96.0 Å². The first-order valence-corrected chi connectivity index (χ1v) is 16.2. The summed E-state index contributed by atoms with van der Waals surface area (Å²) in [6, 6.07) is 20.7. The number of rotatable bonds is 9. The van der Waals surface area contributed by atoms with Crippen LogP contribution in [0.1, 0.15) is 53.9 Å². The average molecular weight is 676 g/mol. The molecule has 0 unspecified atom stereocenters. The van der Waals surface area contributed by atoms with Gasteiger partial charge in [-0.3, -0.25) is 14.4 Å². The number of piperidine rings is 1. The van der Waals surface area contributed by atoms with Gasteiger partial charge in [0.15, 0.2) is 5.69 Å². The Morgan fingerprint density at radius 2 is 1.61 bits per heavy atom. The van der Waals surface area contributed by atoms with Crippen LogP contribution in [0.15, 0.2) is 83.4 Å². The van der Waals surface area contributed by atoms with Gasteiger partial charge in [0.25, 0.3) is 5.91 Å². The quantitative estimate of drug-likeness (QED) is 0.198. The fourth-order valence-electron chi connectivity index (χ4n) is 6.50. The molecule has 13 heteroatoms. The number of aromatic nitrogens is 2. The fourth-order valence-corrected chi connectivity index (χ4v) is 6.50. The number of carbonyl (C=O) groups is 3. The number of alkyl halides is 3. The van der Waals surface area contributed by atoms with E-state index in [9.17, 15) is 27.6 Å². The number of nitrogens with zero attached hydrogens (tertiary/aromatic N) is 4. The number of benzene rings is 2. The molecule has 256 valence electrons. The van der Waals surface area contributed by atoms with E-state index in [1.54, 1.807) is 42.3 Å². The van der Waals surface area contributed by atoms with E-state index < -0.39 is 35.4 Å². The number of nitrogens with one attached hydrogen (secondary N) is 1. The van der Waals surface area contributed by atoms with Gasteiger partial charge in [-0.1, -0.05) is 55.0 Å². The Morgan fingerprint density at radius 3 is 2.27 bits per heavy atom. The molecule has 1 aliphatic heterocycles. The Kier molecular flexibility index (Phi) is 9.97. The standard InChI is InChI=1S/C36H36F3N5O5/c1-43(34(46)27-13-8-14-28(27)35(47)48-22-23-9-4-2-5-10-23)26-17-19-44(20-18-26)29-16-15-25(21-40-29)41-32(45)30-31(36(37,38)39)49-33(42-30)24-11-6-3-7-12-24/h2-7,9-12,15-16,21,26-28H,8,13-14,17-20,22H2,1H3,(H,41,45)/t27-,28-/m0/s1. The van der Waals surface area contributed by atoms with E-state index in [-0.39, 0.29) is 36.1 Å². The van der Waals surface area contributed by atoms with Crippen molar-refractivity contribution in [3.8, 4) is 11.5 Å². The Morgan fingerprint density at radius 1 is 0.939 bits per heavy atom. The molecule has 1 aliphatic carbocycles. The van der Waals surface area contributed by atoms with Gasteiger partial charge in [-0.15, -0.1) is 0 Å². The van der Waals surface area contributed by atoms with E-state index in [2.05, 4.69) is 15.3 Å². The van der Waals surface area contributed by atoms with E-state index in [1.165, 1.54) is 18.3 Å². The van der Waals surface area contributed by atoms with Gasteiger partial charge >= 0.3 is 12.1 Å². The molecule has 2 fully saturated rings. The van der Waals surface area contributed by atoms with Crippen molar-refractivity contribution in [1.29, 1.82) is 0 Å². The second kappa shape index (κ2) is 14.5. The molecule has 2 aromatic heterocycles. The van der Waals surface area contributed by atoms with E-state index in [0.29, 0.717) is 50.2 Å². The Labute approximate surface area is 281 Å². The highest BCUT2D eigenvalue weighted by atomic mass is 19.4. The van der Waals surface area contributed by atoms with E-state index >= 15 is 0 Å². The molecule has 2 aromatic carbocycles. The Hall–Kier alpha value is -5.20. The first kappa shape index (κ1) is 33.7. The molecular weight excluding hydrogens is 639 g/mol. The lowest BCUT2D eigenvalue weighted by molar-refractivity contribution is -0.155. The van der Waals surface area contributed by atoms with Gasteiger partial charge in [0.05, 0.1) is 23.7 Å². The smallest absolute Gasteiger partial charge is 0.452 e. The highest BCUT2D eigenvalue weighted by Gasteiger charge is 2.43. The molecule has 4 aromatic rings. The number of oxazole rings is 1. The maximum atomic E-state index is 13.7. The molecule has 49 heavy (non-hydrogen) atoms. The molecule has 2 atom stereocenters. The number of amides is 2. The predicted molar refractivity (Wildman–Crippen MR) is 174 cm³/mol. The largest absolute Gasteiger partial charge is 0.461 e. The summed E-state index contributed by atoms with van der Waals surface area (Å²) in [4.78, 5) is 51.4. The van der Waals surface area contributed by atoms with Crippen LogP contribution in [0, 0.1) is 11.8 Å². The van der Waals surface area contributed by atoms with Gasteiger partial charge in [-0.25, -0.2) is 9.97 Å². The maximum Gasteiger partial charge on any atom is 0.452 e. The van der Waals surface area contributed by atoms with Crippen molar-refractivity contribution < 1.29 is 36.7 Å². The number of esters is 1. The third-order valence-electron chi connectivity index (χ3n) is 9.17. The third-order valence-corrected chi connectivity index (χ3v) is 9.17. The monoisotopic (exact) mass is 675 g/mol. The Bertz CT molecular complexity index is 1760. The predicted octanol–water partition coefficient (Wildman–Crippen LogP) is 6.59. The van der Waals surface area contributed by atoms with Crippen molar-refractivity contribution >= 4 is 29.3 Å². The van der Waals surface area contributed by atoms with E-state index in [1.807, 2.05) is 35.2 Å². The highest BCUT2D eigenvalue weighted by molar-refractivity contribution is 6.04. The van der Waals surface area contributed by atoms with Crippen LogP contribution in [-0.4, -0.2) is 58.8 Å². The molecule has 1 saturated heterocycles. The fraction of sp³-hybridized carbons (Fsp3) is 0.361. The topological polar surface area (TPSA) is 118 Å². The van der Waals surface area contributed by atoms with Gasteiger partial charge in [-0.05, 0) is 55.5 Å². The zero-order valence-electron chi connectivity index (χ0n) is 26.9. The van der Waals surface area contributed by atoms with Crippen molar-refractivity contribution in [2.75, 3.05) is 30.4 Å². The van der Waals surface area contributed by atoms with Gasteiger partial charge in [0, 0.05) is 31.7 Å². The van der Waals surface area contributed by atoms with E-state index in [0.717, 1.165) is 12.0 Å². The van der Waals surface area contributed by atoms with Crippen LogP contribution < -0.4 is 10.2 Å².